The van der Waals surface area contributed by atoms with Crippen LogP contribution in [-0.4, -0.2) is 15.0 Å². The van der Waals surface area contributed by atoms with Gasteiger partial charge in [-0.3, -0.25) is 0 Å². The number of hydrogen-bond acceptors (Lipinski definition) is 4. The first kappa shape index (κ1) is 27.7. The minimum absolute atomic E-state index is 0.328. The number of benzene rings is 5. The van der Waals surface area contributed by atoms with Crippen LogP contribution in [0.5, 0.6) is 0 Å². The summed E-state index contributed by atoms with van der Waals surface area (Å²) >= 11 is 0. The highest BCUT2D eigenvalue weighted by molar-refractivity contribution is 6.08. The van der Waals surface area contributed by atoms with Crippen LogP contribution in [0.2, 0.25) is 0 Å². The van der Waals surface area contributed by atoms with E-state index in [0.717, 1.165) is 34.4 Å². The van der Waals surface area contributed by atoms with E-state index in [1.807, 2.05) is 42.5 Å². The number of hydrogen-bond donors (Lipinski definition) is 0. The lowest BCUT2D eigenvalue weighted by atomic mass is 9.54. The van der Waals surface area contributed by atoms with Gasteiger partial charge in [-0.1, -0.05) is 86.6 Å². The van der Waals surface area contributed by atoms with Crippen LogP contribution in [0.1, 0.15) is 57.1 Å². The predicted octanol–water partition coefficient (Wildman–Crippen LogP) is 10.2. The molecule has 5 aromatic carbocycles. The molecule has 0 N–H and O–H groups in total. The molecule has 1 heterocycles. The Labute approximate surface area is 264 Å². The standard InChI is InChI=1S/C41H36N4/c1-26-18-29-19-27(2)23-41(22-26,24-29)35-15-17-37-33(21-35)13-12-32-20-34(14-16-36(32)37)40-44-38(30-6-4-3-5-7-30)43-39(45-40)31-10-8-28(25-42)9-11-31/h3-17,20-21,26-27,29H,18-19,22-24H2,1-2H3/t26-,27+,29-,41?. The van der Waals surface area contributed by atoms with E-state index in [-0.39, 0.29) is 0 Å². The molecule has 1 aromatic heterocycles. The fourth-order valence-corrected chi connectivity index (χ4v) is 8.64. The third kappa shape index (κ3) is 5.07. The van der Waals surface area contributed by atoms with Crippen molar-refractivity contribution in [3.63, 3.8) is 0 Å². The molecule has 4 atom stereocenters. The average Bonchev–Trinajstić information content (AvgIpc) is 3.07. The first-order valence-electron chi connectivity index (χ1n) is 16.3. The van der Waals surface area contributed by atoms with E-state index in [9.17, 15) is 5.26 Å². The molecular weight excluding hydrogens is 548 g/mol. The molecule has 2 aliphatic carbocycles. The maximum Gasteiger partial charge on any atom is 0.164 e. The van der Waals surface area contributed by atoms with Crippen molar-refractivity contribution < 1.29 is 0 Å². The Morgan fingerprint density at radius 1 is 0.600 bits per heavy atom. The Morgan fingerprint density at radius 3 is 1.80 bits per heavy atom. The number of rotatable bonds is 4. The van der Waals surface area contributed by atoms with Crippen LogP contribution in [0.4, 0.5) is 0 Å². The number of aromatic nitrogens is 3. The molecular formula is C41H36N4. The molecule has 0 spiro atoms. The van der Waals surface area contributed by atoms with Crippen molar-refractivity contribution >= 4 is 21.5 Å². The minimum Gasteiger partial charge on any atom is -0.208 e. The van der Waals surface area contributed by atoms with Gasteiger partial charge in [0.25, 0.3) is 0 Å². The van der Waals surface area contributed by atoms with Gasteiger partial charge in [-0.25, -0.2) is 15.0 Å². The van der Waals surface area contributed by atoms with Crippen LogP contribution in [-0.2, 0) is 5.41 Å². The number of nitriles is 1. The molecule has 2 fully saturated rings. The Bertz CT molecular complexity index is 2070. The highest BCUT2D eigenvalue weighted by Gasteiger charge is 2.45. The van der Waals surface area contributed by atoms with E-state index in [4.69, 9.17) is 15.0 Å². The maximum absolute atomic E-state index is 9.27. The molecule has 2 bridgehead atoms. The van der Waals surface area contributed by atoms with Gasteiger partial charge in [0.15, 0.2) is 17.5 Å². The lowest BCUT2D eigenvalue weighted by molar-refractivity contribution is 0.0781. The normalized spacial score (nSPS) is 22.7. The topological polar surface area (TPSA) is 62.5 Å². The Kier molecular flexibility index (Phi) is 6.72. The molecule has 0 aliphatic heterocycles. The van der Waals surface area contributed by atoms with Crippen molar-refractivity contribution in [2.24, 2.45) is 17.8 Å². The monoisotopic (exact) mass is 584 g/mol. The van der Waals surface area contributed by atoms with E-state index in [0.29, 0.717) is 28.5 Å². The summed E-state index contributed by atoms with van der Waals surface area (Å²) in [6.45, 7) is 4.93. The van der Waals surface area contributed by atoms with Gasteiger partial charge in [-0.05, 0) is 113 Å². The Balaban J connectivity index is 1.20. The van der Waals surface area contributed by atoms with Crippen LogP contribution in [0.3, 0.4) is 0 Å². The fraction of sp³-hybridized carbons (Fsp3) is 0.268. The third-order valence-corrected chi connectivity index (χ3v) is 10.3. The summed E-state index contributed by atoms with van der Waals surface area (Å²) in [7, 11) is 0. The molecule has 6 aromatic rings. The van der Waals surface area contributed by atoms with Crippen LogP contribution in [0.15, 0.2) is 103 Å². The van der Waals surface area contributed by atoms with Gasteiger partial charge >= 0.3 is 0 Å². The Morgan fingerprint density at radius 2 is 1.16 bits per heavy atom. The smallest absolute Gasteiger partial charge is 0.164 e. The zero-order chi connectivity index (χ0) is 30.5. The molecule has 4 heteroatoms. The molecule has 0 saturated heterocycles. The van der Waals surface area contributed by atoms with E-state index in [1.54, 1.807) is 17.7 Å². The van der Waals surface area contributed by atoms with Crippen molar-refractivity contribution in [1.29, 1.82) is 5.26 Å². The summed E-state index contributed by atoms with van der Waals surface area (Å²) in [5.41, 5.74) is 5.21. The molecule has 45 heavy (non-hydrogen) atoms. The lowest BCUT2D eigenvalue weighted by Gasteiger charge is -2.50. The van der Waals surface area contributed by atoms with Crippen LogP contribution in [0.25, 0.3) is 55.7 Å². The first-order chi connectivity index (χ1) is 22.0. The molecule has 2 saturated carbocycles. The summed E-state index contributed by atoms with van der Waals surface area (Å²) in [5.74, 6) is 4.33. The van der Waals surface area contributed by atoms with Gasteiger partial charge in [-0.2, -0.15) is 5.26 Å². The molecule has 4 nitrogen and oxygen atoms in total. The molecule has 220 valence electrons. The number of fused-ring (bicyclic) bond motifs is 5. The minimum atomic E-state index is 0.328. The first-order valence-corrected chi connectivity index (χ1v) is 16.3. The summed E-state index contributed by atoms with van der Waals surface area (Å²) in [5, 5.41) is 14.3. The van der Waals surface area contributed by atoms with Crippen molar-refractivity contribution in [2.45, 2.75) is 51.4 Å². The van der Waals surface area contributed by atoms with Gasteiger partial charge in [0, 0.05) is 16.7 Å². The SMILES string of the molecule is C[C@@H]1C[C@@H]2C[C@H](C)CC(c3ccc4c(ccc5cc(-c6nc(-c7ccccc7)nc(-c7ccc(C#N)cc7)n6)ccc54)c3)(C1)C2. The predicted molar refractivity (Wildman–Crippen MR) is 182 cm³/mol. The third-order valence-electron chi connectivity index (χ3n) is 10.3. The zero-order valence-electron chi connectivity index (χ0n) is 25.9. The van der Waals surface area contributed by atoms with Crippen molar-refractivity contribution in [3.05, 3.63) is 114 Å². The quantitative estimate of drug-likeness (QED) is 0.193. The molecule has 1 unspecified atom stereocenters. The van der Waals surface area contributed by atoms with Crippen molar-refractivity contribution in [1.82, 2.24) is 15.0 Å². The zero-order valence-corrected chi connectivity index (χ0v) is 25.9. The number of nitrogens with zero attached hydrogens (tertiary/aromatic N) is 4. The van der Waals surface area contributed by atoms with E-state index in [2.05, 4.69) is 68.4 Å². The second-order valence-electron chi connectivity index (χ2n) is 13.7. The average molecular weight is 585 g/mol. The lowest BCUT2D eigenvalue weighted by Crippen LogP contribution is -2.42. The Hall–Kier alpha value is -4.88. The molecule has 0 amide bonds. The van der Waals surface area contributed by atoms with Gasteiger partial charge < -0.3 is 0 Å². The van der Waals surface area contributed by atoms with E-state index < -0.39 is 0 Å². The summed E-state index contributed by atoms with van der Waals surface area (Å²) in [6, 6.07) is 38.0. The maximum atomic E-state index is 9.27. The second kappa shape index (κ2) is 10.9. The summed E-state index contributed by atoms with van der Waals surface area (Å²) < 4.78 is 0. The highest BCUT2D eigenvalue weighted by Crippen LogP contribution is 2.54. The fourth-order valence-electron chi connectivity index (χ4n) is 8.64. The largest absolute Gasteiger partial charge is 0.208 e. The van der Waals surface area contributed by atoms with Gasteiger partial charge in [0.1, 0.15) is 0 Å². The van der Waals surface area contributed by atoms with Gasteiger partial charge in [0.2, 0.25) is 0 Å². The van der Waals surface area contributed by atoms with E-state index >= 15 is 0 Å². The second-order valence-corrected chi connectivity index (χ2v) is 13.7. The van der Waals surface area contributed by atoms with Crippen LogP contribution >= 0.6 is 0 Å². The summed E-state index contributed by atoms with van der Waals surface area (Å²) in [4.78, 5) is 14.7. The molecule has 8 rings (SSSR count). The molecule has 0 radical (unpaired) electrons. The van der Waals surface area contributed by atoms with Gasteiger partial charge in [0.05, 0.1) is 11.6 Å². The van der Waals surface area contributed by atoms with Crippen molar-refractivity contribution in [3.8, 4) is 40.2 Å². The molecule has 2 aliphatic rings. The van der Waals surface area contributed by atoms with Crippen LogP contribution in [0, 0.1) is 29.1 Å². The highest BCUT2D eigenvalue weighted by atomic mass is 15.0. The van der Waals surface area contributed by atoms with Crippen LogP contribution < -0.4 is 0 Å². The summed E-state index contributed by atoms with van der Waals surface area (Å²) in [6.07, 6.45) is 6.78. The van der Waals surface area contributed by atoms with Gasteiger partial charge in [-0.15, -0.1) is 0 Å². The van der Waals surface area contributed by atoms with Crippen molar-refractivity contribution in [2.75, 3.05) is 0 Å². The van der Waals surface area contributed by atoms with E-state index in [1.165, 1.54) is 53.6 Å².